The first kappa shape index (κ1) is 10.1. The molecular weight excluding hydrogens is 206 g/mol. The Morgan fingerprint density at radius 3 is 2.18 bits per heavy atom. The lowest BCUT2D eigenvalue weighted by atomic mass is 10.1. The molecule has 17 heavy (non-hydrogen) atoms. The predicted octanol–water partition coefficient (Wildman–Crippen LogP) is 2.75. The Bertz CT molecular complexity index is 548. The summed E-state index contributed by atoms with van der Waals surface area (Å²) in [7, 11) is 0. The summed E-state index contributed by atoms with van der Waals surface area (Å²) in [4.78, 5) is 0. The largest absolute Gasteiger partial charge is 0.293 e. The summed E-state index contributed by atoms with van der Waals surface area (Å²) in [6.07, 6.45) is 0. The van der Waals surface area contributed by atoms with E-state index in [2.05, 4.69) is 41.4 Å². The molecule has 1 heterocycles. The summed E-state index contributed by atoms with van der Waals surface area (Å²) in [6, 6.07) is 21.3. The van der Waals surface area contributed by atoms with Crippen molar-refractivity contribution >= 4 is 0 Å². The molecule has 0 unspecified atom stereocenters. The molecule has 1 fully saturated rings. The second-order valence-electron chi connectivity index (χ2n) is 4.17. The third-order valence-corrected chi connectivity index (χ3v) is 2.89. The van der Waals surface area contributed by atoms with E-state index in [1.54, 1.807) is 0 Å². The maximum atomic E-state index is 3.38. The lowest BCUT2D eigenvalue weighted by Crippen LogP contribution is -1.84. The molecule has 1 heteroatoms. The minimum atomic E-state index is 0.303. The highest BCUT2D eigenvalue weighted by molar-refractivity contribution is 5.39. The first-order valence-corrected chi connectivity index (χ1v) is 5.81. The lowest BCUT2D eigenvalue weighted by molar-refractivity contribution is 1.07. The van der Waals surface area contributed by atoms with Crippen molar-refractivity contribution < 1.29 is 0 Å². The van der Waals surface area contributed by atoms with E-state index in [4.69, 9.17) is 0 Å². The van der Waals surface area contributed by atoms with Crippen molar-refractivity contribution in [2.45, 2.75) is 12.1 Å². The van der Waals surface area contributed by atoms with Gasteiger partial charge in [-0.05, 0) is 17.7 Å². The molecule has 0 bridgehead atoms. The van der Waals surface area contributed by atoms with Gasteiger partial charge in [-0.3, -0.25) is 5.32 Å². The van der Waals surface area contributed by atoms with Crippen LogP contribution in [0.25, 0.3) is 0 Å². The molecule has 1 aliphatic heterocycles. The van der Waals surface area contributed by atoms with Gasteiger partial charge in [0.25, 0.3) is 0 Å². The lowest BCUT2D eigenvalue weighted by Gasteiger charge is -1.92. The molecule has 82 valence electrons. The minimum absolute atomic E-state index is 0.303. The number of hydrogen-bond acceptors (Lipinski definition) is 1. The van der Waals surface area contributed by atoms with Gasteiger partial charge in [-0.2, -0.15) is 0 Å². The first-order valence-electron chi connectivity index (χ1n) is 5.81. The number of nitrogens with one attached hydrogen (secondary N) is 1. The molecule has 2 aromatic rings. The quantitative estimate of drug-likeness (QED) is 0.578. The van der Waals surface area contributed by atoms with Crippen LogP contribution in [0.1, 0.15) is 17.2 Å². The highest BCUT2D eigenvalue weighted by atomic mass is 15.1. The summed E-state index contributed by atoms with van der Waals surface area (Å²) in [5.74, 6) is 6.45. The summed E-state index contributed by atoms with van der Waals surface area (Å²) in [5, 5.41) is 3.38. The standard InChI is InChI=1S/C16H13N/c1-3-7-13(8-4-1)11-12-15-16(17-15)14-9-5-2-6-10-14/h1-10,15-17H/t15-,16-/m0/s1. The summed E-state index contributed by atoms with van der Waals surface area (Å²) >= 11 is 0. The molecule has 0 amide bonds. The third kappa shape index (κ3) is 2.38. The number of benzene rings is 2. The van der Waals surface area contributed by atoms with Crippen molar-refractivity contribution in [2.75, 3.05) is 0 Å². The summed E-state index contributed by atoms with van der Waals surface area (Å²) in [6.45, 7) is 0. The van der Waals surface area contributed by atoms with Gasteiger partial charge in [0.2, 0.25) is 0 Å². The Labute approximate surface area is 101 Å². The molecule has 1 N–H and O–H groups in total. The molecule has 1 nitrogen and oxygen atoms in total. The zero-order chi connectivity index (χ0) is 11.5. The van der Waals surface area contributed by atoms with Crippen LogP contribution in [-0.4, -0.2) is 6.04 Å². The van der Waals surface area contributed by atoms with E-state index in [0.717, 1.165) is 5.56 Å². The van der Waals surface area contributed by atoms with E-state index >= 15 is 0 Å². The Kier molecular flexibility index (Phi) is 2.65. The van der Waals surface area contributed by atoms with Crippen LogP contribution >= 0.6 is 0 Å². The van der Waals surface area contributed by atoms with Crippen LogP contribution in [0.4, 0.5) is 0 Å². The van der Waals surface area contributed by atoms with Crippen LogP contribution < -0.4 is 5.32 Å². The maximum absolute atomic E-state index is 3.38. The first-order chi connectivity index (χ1) is 8.43. The predicted molar refractivity (Wildman–Crippen MR) is 69.4 cm³/mol. The Morgan fingerprint density at radius 1 is 0.824 bits per heavy atom. The Balaban J connectivity index is 1.69. The molecular formula is C16H13N. The molecule has 2 aromatic carbocycles. The molecule has 1 saturated heterocycles. The monoisotopic (exact) mass is 219 g/mol. The zero-order valence-corrected chi connectivity index (χ0v) is 9.43. The zero-order valence-electron chi connectivity index (χ0n) is 9.43. The Hall–Kier alpha value is -2.04. The fourth-order valence-electron chi connectivity index (χ4n) is 1.89. The second-order valence-corrected chi connectivity index (χ2v) is 4.17. The normalized spacial score (nSPS) is 21.4. The number of hydrogen-bond donors (Lipinski definition) is 1. The van der Waals surface area contributed by atoms with Crippen molar-refractivity contribution in [1.29, 1.82) is 0 Å². The molecule has 1 aliphatic rings. The summed E-state index contributed by atoms with van der Waals surface area (Å²) < 4.78 is 0. The minimum Gasteiger partial charge on any atom is -0.293 e. The average Bonchev–Trinajstić information content (AvgIpc) is 3.18. The molecule has 0 aliphatic carbocycles. The second kappa shape index (κ2) is 4.45. The van der Waals surface area contributed by atoms with Gasteiger partial charge in [-0.1, -0.05) is 60.4 Å². The topological polar surface area (TPSA) is 21.9 Å². The van der Waals surface area contributed by atoms with Crippen molar-refractivity contribution in [1.82, 2.24) is 5.32 Å². The van der Waals surface area contributed by atoms with E-state index in [1.807, 2.05) is 36.4 Å². The van der Waals surface area contributed by atoms with Gasteiger partial charge >= 0.3 is 0 Å². The van der Waals surface area contributed by atoms with Crippen molar-refractivity contribution in [3.63, 3.8) is 0 Å². The van der Waals surface area contributed by atoms with Gasteiger partial charge in [0.1, 0.15) is 0 Å². The van der Waals surface area contributed by atoms with Gasteiger partial charge in [0, 0.05) is 5.56 Å². The average molecular weight is 219 g/mol. The van der Waals surface area contributed by atoms with Crippen LogP contribution in [-0.2, 0) is 0 Å². The van der Waals surface area contributed by atoms with E-state index in [-0.39, 0.29) is 0 Å². The smallest absolute Gasteiger partial charge is 0.0896 e. The molecule has 0 spiro atoms. The van der Waals surface area contributed by atoms with Gasteiger partial charge in [0.15, 0.2) is 0 Å². The van der Waals surface area contributed by atoms with Crippen LogP contribution in [0.15, 0.2) is 60.7 Å². The van der Waals surface area contributed by atoms with Gasteiger partial charge in [-0.15, -0.1) is 0 Å². The molecule has 0 radical (unpaired) electrons. The van der Waals surface area contributed by atoms with Gasteiger partial charge in [-0.25, -0.2) is 0 Å². The van der Waals surface area contributed by atoms with Crippen molar-refractivity contribution in [2.24, 2.45) is 0 Å². The fraction of sp³-hybridized carbons (Fsp3) is 0.125. The van der Waals surface area contributed by atoms with Gasteiger partial charge in [0.05, 0.1) is 12.1 Å². The van der Waals surface area contributed by atoms with Crippen molar-refractivity contribution in [3.8, 4) is 11.8 Å². The molecule has 0 aromatic heterocycles. The van der Waals surface area contributed by atoms with Crippen molar-refractivity contribution in [3.05, 3.63) is 71.8 Å². The Morgan fingerprint density at radius 2 is 1.47 bits per heavy atom. The van der Waals surface area contributed by atoms with Crippen LogP contribution in [0.5, 0.6) is 0 Å². The highest BCUT2D eigenvalue weighted by Gasteiger charge is 2.35. The summed E-state index contributed by atoms with van der Waals surface area (Å²) in [5.41, 5.74) is 2.40. The highest BCUT2D eigenvalue weighted by Crippen LogP contribution is 2.28. The third-order valence-electron chi connectivity index (χ3n) is 2.89. The van der Waals surface area contributed by atoms with Crippen LogP contribution in [0.3, 0.4) is 0 Å². The molecule has 2 atom stereocenters. The van der Waals surface area contributed by atoms with E-state index < -0.39 is 0 Å². The fourth-order valence-corrected chi connectivity index (χ4v) is 1.89. The molecule has 0 saturated carbocycles. The van der Waals surface area contributed by atoms with Gasteiger partial charge < -0.3 is 0 Å². The van der Waals surface area contributed by atoms with E-state index in [0.29, 0.717) is 12.1 Å². The van der Waals surface area contributed by atoms with Crippen LogP contribution in [0.2, 0.25) is 0 Å². The van der Waals surface area contributed by atoms with E-state index in [1.165, 1.54) is 5.56 Å². The molecule has 3 rings (SSSR count). The van der Waals surface area contributed by atoms with Crippen LogP contribution in [0, 0.1) is 11.8 Å². The number of rotatable bonds is 1. The van der Waals surface area contributed by atoms with E-state index in [9.17, 15) is 0 Å². The maximum Gasteiger partial charge on any atom is 0.0896 e. The SMILES string of the molecule is C(#C[C@@H]1N[C@H]1c1ccccc1)c1ccccc1.